The van der Waals surface area contributed by atoms with Gasteiger partial charge in [-0.25, -0.2) is 0 Å². The maximum atomic E-state index is 5.59. The van der Waals surface area contributed by atoms with Crippen molar-refractivity contribution in [2.24, 2.45) is 0 Å². The Kier molecular flexibility index (Phi) is 6.20. The van der Waals surface area contributed by atoms with E-state index >= 15 is 0 Å². The van der Waals surface area contributed by atoms with E-state index in [1.54, 1.807) is 0 Å². The van der Waals surface area contributed by atoms with Crippen LogP contribution in [0.15, 0.2) is 48.5 Å². The molecule has 0 saturated heterocycles. The zero-order valence-corrected chi connectivity index (χ0v) is 15.9. The summed E-state index contributed by atoms with van der Waals surface area (Å²) in [4.78, 5) is 1.83. The van der Waals surface area contributed by atoms with Crippen molar-refractivity contribution >= 4 is 34.2 Å². The molecule has 2 aromatic rings. The third kappa shape index (κ3) is 4.79. The first-order valence-corrected chi connectivity index (χ1v) is 8.96. The second-order valence-electron chi connectivity index (χ2n) is 6.58. The standard InChI is InChI=1S/C21H24S2/c1-14(2)16-5-9-18(10-6-16)20(22)13-21(23)19-11-7-17(8-12-19)15(3)4/h5-12,14-15H,13H2,1-4H3. The molecule has 0 atom stereocenters. The molecule has 120 valence electrons. The van der Waals surface area contributed by atoms with E-state index in [0.29, 0.717) is 18.3 Å². The Hall–Kier alpha value is -1.38. The van der Waals surface area contributed by atoms with Crippen LogP contribution in [0.1, 0.15) is 68.2 Å². The summed E-state index contributed by atoms with van der Waals surface area (Å²) in [7, 11) is 0. The van der Waals surface area contributed by atoms with Crippen LogP contribution in [0.4, 0.5) is 0 Å². The van der Waals surface area contributed by atoms with Gasteiger partial charge in [0, 0.05) is 16.1 Å². The second kappa shape index (κ2) is 7.94. The molecule has 2 heteroatoms. The first-order chi connectivity index (χ1) is 10.9. The molecule has 2 rings (SSSR count). The number of hydrogen-bond donors (Lipinski definition) is 0. The lowest BCUT2D eigenvalue weighted by Crippen LogP contribution is -2.07. The van der Waals surface area contributed by atoms with Crippen LogP contribution >= 0.6 is 24.4 Å². The van der Waals surface area contributed by atoms with Gasteiger partial charge in [0.1, 0.15) is 0 Å². The SMILES string of the molecule is CC(C)c1ccc(C(=S)CC(=S)c2ccc(C(C)C)cc2)cc1. The second-order valence-corrected chi connectivity index (χ2v) is 7.56. The van der Waals surface area contributed by atoms with Gasteiger partial charge in [-0.3, -0.25) is 0 Å². The average Bonchev–Trinajstić information content (AvgIpc) is 2.54. The monoisotopic (exact) mass is 340 g/mol. The maximum absolute atomic E-state index is 5.59. The molecule has 0 N–H and O–H groups in total. The van der Waals surface area contributed by atoms with Crippen molar-refractivity contribution in [2.45, 2.75) is 46.0 Å². The summed E-state index contributed by atoms with van der Waals surface area (Å²) in [6, 6.07) is 17.1. The molecular weight excluding hydrogens is 316 g/mol. The summed E-state index contributed by atoms with van der Waals surface area (Å²) >= 11 is 11.2. The summed E-state index contributed by atoms with van der Waals surface area (Å²) in [6.45, 7) is 8.79. The molecule has 0 fully saturated rings. The highest BCUT2D eigenvalue weighted by Crippen LogP contribution is 2.19. The van der Waals surface area contributed by atoms with E-state index in [-0.39, 0.29) is 0 Å². The lowest BCUT2D eigenvalue weighted by molar-refractivity contribution is 0.866. The van der Waals surface area contributed by atoms with Crippen LogP contribution in [0, 0.1) is 0 Å². The van der Waals surface area contributed by atoms with E-state index in [1.165, 1.54) is 11.1 Å². The Morgan fingerprint density at radius 1 is 0.652 bits per heavy atom. The van der Waals surface area contributed by atoms with Crippen LogP contribution in [0.25, 0.3) is 0 Å². The molecule has 0 spiro atoms. The molecule has 0 bridgehead atoms. The Labute approximate surface area is 150 Å². The number of benzene rings is 2. The minimum atomic E-state index is 0.540. The van der Waals surface area contributed by atoms with E-state index in [4.69, 9.17) is 24.4 Å². The number of thiocarbonyl (C=S) groups is 2. The summed E-state index contributed by atoms with van der Waals surface area (Å²) in [5.41, 5.74) is 4.88. The van der Waals surface area contributed by atoms with Gasteiger partial charge in [-0.15, -0.1) is 0 Å². The largest absolute Gasteiger partial charge is 0.0839 e. The molecule has 0 aliphatic carbocycles. The maximum Gasteiger partial charge on any atom is 0.0277 e. The highest BCUT2D eigenvalue weighted by atomic mass is 32.1. The van der Waals surface area contributed by atoms with Gasteiger partial charge in [0.25, 0.3) is 0 Å². The van der Waals surface area contributed by atoms with Crippen LogP contribution in [-0.2, 0) is 0 Å². The number of hydrogen-bond acceptors (Lipinski definition) is 2. The fourth-order valence-electron chi connectivity index (χ4n) is 2.46. The Morgan fingerprint density at radius 3 is 1.22 bits per heavy atom. The van der Waals surface area contributed by atoms with Crippen LogP contribution in [0.3, 0.4) is 0 Å². The molecule has 0 aliphatic rings. The molecule has 0 nitrogen and oxygen atoms in total. The van der Waals surface area contributed by atoms with E-state index in [1.807, 2.05) is 0 Å². The fourth-order valence-corrected chi connectivity index (χ4v) is 3.11. The van der Waals surface area contributed by atoms with Gasteiger partial charge in [-0.1, -0.05) is 101 Å². The first kappa shape index (κ1) is 18.0. The lowest BCUT2D eigenvalue weighted by atomic mass is 9.97. The average molecular weight is 341 g/mol. The van der Waals surface area contributed by atoms with Crippen LogP contribution < -0.4 is 0 Å². The Balaban J connectivity index is 2.05. The normalized spacial score (nSPS) is 11.0. The van der Waals surface area contributed by atoms with Gasteiger partial charge in [0.2, 0.25) is 0 Å². The first-order valence-electron chi connectivity index (χ1n) is 8.14. The van der Waals surface area contributed by atoms with Crippen molar-refractivity contribution in [3.63, 3.8) is 0 Å². The predicted molar refractivity (Wildman–Crippen MR) is 109 cm³/mol. The van der Waals surface area contributed by atoms with Crippen molar-refractivity contribution in [3.8, 4) is 0 Å². The summed E-state index contributed by atoms with van der Waals surface area (Å²) in [5, 5.41) is 0. The van der Waals surface area contributed by atoms with Gasteiger partial charge in [-0.2, -0.15) is 0 Å². The summed E-state index contributed by atoms with van der Waals surface area (Å²) in [6.07, 6.45) is 0.659. The van der Waals surface area contributed by atoms with Crippen LogP contribution in [0.2, 0.25) is 0 Å². The zero-order chi connectivity index (χ0) is 17.0. The molecular formula is C21H24S2. The highest BCUT2D eigenvalue weighted by Gasteiger charge is 2.09. The van der Waals surface area contributed by atoms with Crippen LogP contribution in [-0.4, -0.2) is 9.73 Å². The molecule has 0 radical (unpaired) electrons. The van der Waals surface area contributed by atoms with Crippen molar-refractivity contribution < 1.29 is 0 Å². The van der Waals surface area contributed by atoms with E-state index in [0.717, 1.165) is 20.9 Å². The Morgan fingerprint density at radius 2 is 0.957 bits per heavy atom. The minimum absolute atomic E-state index is 0.540. The van der Waals surface area contributed by atoms with Crippen molar-refractivity contribution in [1.29, 1.82) is 0 Å². The van der Waals surface area contributed by atoms with E-state index in [9.17, 15) is 0 Å². The van der Waals surface area contributed by atoms with Gasteiger partial charge in [0.15, 0.2) is 0 Å². The topological polar surface area (TPSA) is 0 Å². The van der Waals surface area contributed by atoms with Crippen LogP contribution in [0.5, 0.6) is 0 Å². The third-order valence-electron chi connectivity index (χ3n) is 4.12. The molecule has 0 heterocycles. The highest BCUT2D eigenvalue weighted by molar-refractivity contribution is 7.82. The van der Waals surface area contributed by atoms with Crippen molar-refractivity contribution in [1.82, 2.24) is 0 Å². The quantitative estimate of drug-likeness (QED) is 0.437. The van der Waals surface area contributed by atoms with E-state index < -0.39 is 0 Å². The Bertz CT molecular complexity index is 615. The van der Waals surface area contributed by atoms with Crippen molar-refractivity contribution in [2.75, 3.05) is 0 Å². The molecule has 0 amide bonds. The lowest BCUT2D eigenvalue weighted by Gasteiger charge is -2.10. The molecule has 0 aliphatic heterocycles. The minimum Gasteiger partial charge on any atom is -0.0839 e. The molecule has 23 heavy (non-hydrogen) atoms. The molecule has 0 aromatic heterocycles. The van der Waals surface area contributed by atoms with Crippen molar-refractivity contribution in [3.05, 3.63) is 70.8 Å². The molecule has 0 unspecified atom stereocenters. The molecule has 2 aromatic carbocycles. The number of rotatable bonds is 6. The van der Waals surface area contributed by atoms with E-state index in [2.05, 4.69) is 76.2 Å². The summed E-state index contributed by atoms with van der Waals surface area (Å²) < 4.78 is 0. The molecule has 0 saturated carbocycles. The van der Waals surface area contributed by atoms with Gasteiger partial charge >= 0.3 is 0 Å². The van der Waals surface area contributed by atoms with Gasteiger partial charge in [-0.05, 0) is 34.1 Å². The predicted octanol–water partition coefficient (Wildman–Crippen LogP) is 6.46. The summed E-state index contributed by atoms with van der Waals surface area (Å²) in [5.74, 6) is 1.08. The van der Waals surface area contributed by atoms with Gasteiger partial charge in [0.05, 0.1) is 0 Å². The zero-order valence-electron chi connectivity index (χ0n) is 14.3. The van der Waals surface area contributed by atoms with Gasteiger partial charge < -0.3 is 0 Å². The smallest absolute Gasteiger partial charge is 0.0277 e. The third-order valence-corrected chi connectivity index (χ3v) is 4.88. The fraction of sp³-hybridized carbons (Fsp3) is 0.333.